The lowest BCUT2D eigenvalue weighted by molar-refractivity contribution is -0.132. The topological polar surface area (TPSA) is 92.1 Å². The molecule has 0 bridgehead atoms. The molecule has 5 aromatic rings. The Labute approximate surface area is 256 Å². The van der Waals surface area contributed by atoms with Crippen molar-refractivity contribution < 1.29 is 28.5 Å². The van der Waals surface area contributed by atoms with E-state index in [-0.39, 0.29) is 31.0 Å². The third-order valence-electron chi connectivity index (χ3n) is 7.24. The van der Waals surface area contributed by atoms with Crippen molar-refractivity contribution in [2.45, 2.75) is 53.2 Å². The van der Waals surface area contributed by atoms with Crippen LogP contribution in [0.1, 0.15) is 37.5 Å². The number of carbonyl (C=O) groups is 2. The van der Waals surface area contributed by atoms with Gasteiger partial charge in [-0.2, -0.15) is 0 Å². The van der Waals surface area contributed by atoms with Crippen LogP contribution in [0, 0.1) is 0 Å². The van der Waals surface area contributed by atoms with Gasteiger partial charge in [-0.15, -0.1) is 0 Å². The molecule has 0 aliphatic carbocycles. The summed E-state index contributed by atoms with van der Waals surface area (Å²) in [5.41, 5.74) is 4.10. The number of aromatic nitrogens is 2. The van der Waals surface area contributed by atoms with E-state index in [9.17, 15) is 9.59 Å². The van der Waals surface area contributed by atoms with E-state index in [1.54, 1.807) is 27.2 Å². The van der Waals surface area contributed by atoms with E-state index < -0.39 is 6.16 Å². The first-order valence-electron chi connectivity index (χ1n) is 14.7. The first kappa shape index (κ1) is 30.6. The number of fused-ring (bicyclic) bond motifs is 3. The summed E-state index contributed by atoms with van der Waals surface area (Å²) in [7, 11) is 1.56. The number of hydrogen-bond donors (Lipinski definition) is 0. The maximum Gasteiger partial charge on any atom is 0.515 e. The number of methoxy groups -OCH3 is 1. The number of amides is 1. The zero-order chi connectivity index (χ0) is 31.1. The van der Waals surface area contributed by atoms with Crippen LogP contribution in [-0.4, -0.2) is 46.3 Å². The molecule has 9 heteroatoms. The fourth-order valence-electron chi connectivity index (χ4n) is 5.24. The molecule has 44 heavy (non-hydrogen) atoms. The molecule has 0 aliphatic heterocycles. The van der Waals surface area contributed by atoms with Crippen LogP contribution in [0.15, 0.2) is 85.1 Å². The molecule has 1 amide bonds. The van der Waals surface area contributed by atoms with Gasteiger partial charge < -0.3 is 28.4 Å². The van der Waals surface area contributed by atoms with Crippen LogP contribution in [0.25, 0.3) is 21.8 Å². The second kappa shape index (κ2) is 14.1. The molecule has 2 heterocycles. The average molecular weight is 596 g/mol. The summed E-state index contributed by atoms with van der Waals surface area (Å²) < 4.78 is 24.7. The van der Waals surface area contributed by atoms with Gasteiger partial charge >= 0.3 is 6.16 Å². The molecule has 0 N–H and O–H groups in total. The molecule has 3 aromatic carbocycles. The molecular weight excluding hydrogens is 558 g/mol. The summed E-state index contributed by atoms with van der Waals surface area (Å²) in [4.78, 5) is 32.6. The van der Waals surface area contributed by atoms with Crippen LogP contribution >= 0.6 is 0 Å². The molecule has 0 saturated carbocycles. The number of ether oxygens (including phenoxy) is 4. The molecule has 0 unspecified atom stereocenters. The van der Waals surface area contributed by atoms with Crippen molar-refractivity contribution in [3.8, 4) is 11.6 Å². The first-order chi connectivity index (χ1) is 21.4. The van der Waals surface area contributed by atoms with Crippen molar-refractivity contribution in [1.82, 2.24) is 14.5 Å². The third kappa shape index (κ3) is 6.84. The van der Waals surface area contributed by atoms with Crippen molar-refractivity contribution in [1.29, 1.82) is 0 Å². The van der Waals surface area contributed by atoms with Crippen molar-refractivity contribution in [2.24, 2.45) is 0 Å². The van der Waals surface area contributed by atoms with E-state index in [1.165, 1.54) is 0 Å². The number of benzene rings is 3. The van der Waals surface area contributed by atoms with Crippen LogP contribution < -0.4 is 9.47 Å². The minimum atomic E-state index is -0.858. The summed E-state index contributed by atoms with van der Waals surface area (Å²) in [5, 5.41) is 1.50. The summed E-state index contributed by atoms with van der Waals surface area (Å²) in [5.74, 6) is 0.658. The molecule has 0 aliphatic rings. The second-order valence-electron chi connectivity index (χ2n) is 10.7. The van der Waals surface area contributed by atoms with Crippen LogP contribution in [0.2, 0.25) is 0 Å². The Kier molecular flexibility index (Phi) is 9.76. The molecule has 0 saturated heterocycles. The van der Waals surface area contributed by atoms with Gasteiger partial charge in [0.2, 0.25) is 11.8 Å². The molecule has 0 atom stereocenters. The van der Waals surface area contributed by atoms with Gasteiger partial charge in [-0.1, -0.05) is 66.7 Å². The Morgan fingerprint density at radius 3 is 2.23 bits per heavy atom. The third-order valence-corrected chi connectivity index (χ3v) is 7.24. The molecule has 9 nitrogen and oxygen atoms in total. The van der Waals surface area contributed by atoms with E-state index in [0.717, 1.165) is 27.4 Å². The monoisotopic (exact) mass is 595 g/mol. The van der Waals surface area contributed by atoms with Crippen LogP contribution in [0.3, 0.4) is 0 Å². The average Bonchev–Trinajstić information content (AvgIpc) is 3.34. The zero-order valence-corrected chi connectivity index (χ0v) is 25.5. The highest BCUT2D eigenvalue weighted by molar-refractivity contribution is 6.13. The summed E-state index contributed by atoms with van der Waals surface area (Å²) in [6.07, 6.45) is 0.400. The second-order valence-corrected chi connectivity index (χ2v) is 10.7. The van der Waals surface area contributed by atoms with Gasteiger partial charge in [0.25, 0.3) is 0 Å². The predicted octanol–water partition coefficient (Wildman–Crippen LogP) is 6.89. The van der Waals surface area contributed by atoms with Gasteiger partial charge in [0.15, 0.2) is 0 Å². The fourth-order valence-corrected chi connectivity index (χ4v) is 5.24. The predicted molar refractivity (Wildman–Crippen MR) is 169 cm³/mol. The van der Waals surface area contributed by atoms with Gasteiger partial charge in [-0.25, -0.2) is 9.78 Å². The Morgan fingerprint density at radius 2 is 1.57 bits per heavy atom. The van der Waals surface area contributed by atoms with Crippen molar-refractivity contribution in [3.05, 3.63) is 102 Å². The van der Waals surface area contributed by atoms with Gasteiger partial charge in [0, 0.05) is 25.6 Å². The molecule has 5 rings (SSSR count). The Hall–Kier alpha value is -4.89. The summed E-state index contributed by atoms with van der Waals surface area (Å²) in [6.45, 7) is 7.04. The van der Waals surface area contributed by atoms with Gasteiger partial charge in [-0.05, 0) is 44.0 Å². The van der Waals surface area contributed by atoms with Crippen LogP contribution in [0.4, 0.5) is 4.79 Å². The smallest absolute Gasteiger partial charge is 0.488 e. The zero-order valence-electron chi connectivity index (χ0n) is 25.5. The van der Waals surface area contributed by atoms with E-state index in [0.29, 0.717) is 36.5 Å². The number of nitrogens with zero attached hydrogens (tertiary/aromatic N) is 3. The lowest BCUT2D eigenvalue weighted by atomic mass is 10.1. The molecule has 0 spiro atoms. The molecule has 0 radical (unpaired) electrons. The van der Waals surface area contributed by atoms with Crippen LogP contribution in [0.5, 0.6) is 11.6 Å². The molecule has 228 valence electrons. The van der Waals surface area contributed by atoms with Crippen molar-refractivity contribution in [3.63, 3.8) is 0 Å². The Bertz CT molecular complexity index is 1730. The lowest BCUT2D eigenvalue weighted by Crippen LogP contribution is -2.33. The van der Waals surface area contributed by atoms with E-state index in [1.807, 2.05) is 95.3 Å². The van der Waals surface area contributed by atoms with Crippen molar-refractivity contribution >= 4 is 33.9 Å². The molecular formula is C35H37N3O6. The largest absolute Gasteiger partial charge is 0.515 e. The quantitative estimate of drug-likeness (QED) is 0.145. The number of hydrogen-bond acceptors (Lipinski definition) is 7. The minimum Gasteiger partial charge on any atom is -0.488 e. The molecule has 2 aromatic heterocycles. The van der Waals surface area contributed by atoms with Gasteiger partial charge in [0.1, 0.15) is 18.9 Å². The first-order valence-corrected chi connectivity index (χ1v) is 14.7. The number of rotatable bonds is 12. The Balaban J connectivity index is 1.63. The van der Waals surface area contributed by atoms with E-state index in [4.69, 9.17) is 18.9 Å². The van der Waals surface area contributed by atoms with Gasteiger partial charge in [-0.3, -0.25) is 4.79 Å². The maximum absolute atomic E-state index is 13.8. The fraction of sp³-hybridized carbons (Fsp3) is 0.286. The highest BCUT2D eigenvalue weighted by Crippen LogP contribution is 2.40. The van der Waals surface area contributed by atoms with Gasteiger partial charge in [0.05, 0.1) is 40.9 Å². The maximum atomic E-state index is 13.8. The van der Waals surface area contributed by atoms with Crippen molar-refractivity contribution in [2.75, 3.05) is 13.7 Å². The number of pyridine rings is 1. The van der Waals surface area contributed by atoms with E-state index >= 15 is 0 Å². The summed E-state index contributed by atoms with van der Waals surface area (Å²) >= 11 is 0. The summed E-state index contributed by atoms with van der Waals surface area (Å²) in [6, 6.07) is 25.6. The minimum absolute atomic E-state index is 0.0418. The highest BCUT2D eigenvalue weighted by atomic mass is 16.7. The lowest BCUT2D eigenvalue weighted by Gasteiger charge is -2.22. The number of likely N-dealkylation sites (N-methyl/N-ethyl adjacent to an activating group) is 1. The van der Waals surface area contributed by atoms with Crippen LogP contribution in [-0.2, 0) is 40.6 Å². The van der Waals surface area contributed by atoms with E-state index in [2.05, 4.69) is 4.98 Å². The Morgan fingerprint density at radius 1 is 0.864 bits per heavy atom. The normalized spacial score (nSPS) is 11.2. The standard InChI is InChI=1S/C35H37N3O6/c1-5-37(20-25-13-8-6-9-14-25)31(39)21-38-28-17-12-18-30(42-22-26-15-10-7-11-16-26)33(28)32-27(23-41-4)34(36-19-29(32)38)44-35(40)43-24(2)3/h6-19,24H,5,20-23H2,1-4H3. The highest BCUT2D eigenvalue weighted by Gasteiger charge is 2.25. The molecule has 0 fully saturated rings. The number of carbonyl (C=O) groups excluding carboxylic acids is 2. The SMILES string of the molecule is CCN(Cc1ccccc1)C(=O)Cn1c2cccc(OCc3ccccc3)c2c2c(COC)c(OC(=O)OC(C)C)ncc21.